The molecule has 1 saturated heterocycles. The third-order valence-electron chi connectivity index (χ3n) is 5.08. The molecule has 0 bridgehead atoms. The molecule has 3 aromatic rings. The lowest BCUT2D eigenvalue weighted by Gasteiger charge is -2.25. The van der Waals surface area contributed by atoms with E-state index in [4.69, 9.17) is 4.74 Å². The summed E-state index contributed by atoms with van der Waals surface area (Å²) < 4.78 is 5.37. The van der Waals surface area contributed by atoms with Crippen molar-refractivity contribution in [1.82, 2.24) is 0 Å². The zero-order valence-corrected chi connectivity index (χ0v) is 15.0. The SMILES string of the molecule is O=C([O-])c1cc(NCc2cccc3ccccc23)ccc1[NH+]1CCOCC1. The van der Waals surface area contributed by atoms with Crippen molar-refractivity contribution in [3.63, 3.8) is 0 Å². The van der Waals surface area contributed by atoms with E-state index in [1.54, 1.807) is 6.07 Å². The van der Waals surface area contributed by atoms with E-state index in [2.05, 4.69) is 29.6 Å². The first-order valence-corrected chi connectivity index (χ1v) is 9.21. The number of quaternary nitrogens is 1. The van der Waals surface area contributed by atoms with Crippen LogP contribution < -0.4 is 15.3 Å². The summed E-state index contributed by atoms with van der Waals surface area (Å²) in [6.07, 6.45) is 0. The van der Waals surface area contributed by atoms with E-state index >= 15 is 0 Å². The molecular formula is C22H22N2O3. The standard InChI is InChI=1S/C22H22N2O3/c25-22(26)20-14-18(8-9-21(20)24-10-12-27-13-11-24)23-15-17-6-3-5-16-4-1-2-7-19(16)17/h1-9,14,23H,10-13,15H2,(H,25,26). The third kappa shape index (κ3) is 3.79. The van der Waals surface area contributed by atoms with Gasteiger partial charge in [0.25, 0.3) is 0 Å². The Morgan fingerprint density at radius 2 is 1.81 bits per heavy atom. The normalized spacial score (nSPS) is 15.0. The van der Waals surface area contributed by atoms with Crippen molar-refractivity contribution in [1.29, 1.82) is 0 Å². The molecule has 3 aromatic carbocycles. The highest BCUT2D eigenvalue weighted by molar-refractivity contribution is 5.92. The van der Waals surface area contributed by atoms with E-state index in [0.717, 1.165) is 29.4 Å². The van der Waals surface area contributed by atoms with Gasteiger partial charge in [-0.15, -0.1) is 0 Å². The molecule has 5 heteroatoms. The molecule has 0 aromatic heterocycles. The number of nitrogens with one attached hydrogen (secondary N) is 2. The Labute approximate surface area is 158 Å². The Bertz CT molecular complexity index is 959. The number of carbonyl (C=O) groups excluding carboxylic acids is 1. The van der Waals surface area contributed by atoms with Gasteiger partial charge in [-0.05, 0) is 28.5 Å². The molecule has 1 aliphatic heterocycles. The molecule has 0 unspecified atom stereocenters. The largest absolute Gasteiger partial charge is 0.545 e. The van der Waals surface area contributed by atoms with Gasteiger partial charge in [-0.3, -0.25) is 4.90 Å². The fourth-order valence-corrected chi connectivity index (χ4v) is 3.66. The van der Waals surface area contributed by atoms with Crippen molar-refractivity contribution < 1.29 is 19.5 Å². The van der Waals surface area contributed by atoms with E-state index in [1.807, 2.05) is 30.3 Å². The van der Waals surface area contributed by atoms with Gasteiger partial charge in [-0.2, -0.15) is 0 Å². The van der Waals surface area contributed by atoms with Crippen LogP contribution in [0.3, 0.4) is 0 Å². The van der Waals surface area contributed by atoms with Crippen LogP contribution in [0.2, 0.25) is 0 Å². The zero-order chi connectivity index (χ0) is 18.6. The molecule has 5 nitrogen and oxygen atoms in total. The maximum Gasteiger partial charge on any atom is 0.140 e. The Kier molecular flexibility index (Phi) is 5.05. The summed E-state index contributed by atoms with van der Waals surface area (Å²) in [6, 6.07) is 20.0. The van der Waals surface area contributed by atoms with Gasteiger partial charge in [-0.25, -0.2) is 0 Å². The summed E-state index contributed by atoms with van der Waals surface area (Å²) in [4.78, 5) is 12.8. The first kappa shape index (κ1) is 17.5. The Hall–Kier alpha value is -2.89. The van der Waals surface area contributed by atoms with E-state index in [0.29, 0.717) is 19.8 Å². The molecule has 0 atom stereocenters. The van der Waals surface area contributed by atoms with Gasteiger partial charge < -0.3 is 20.0 Å². The molecule has 1 heterocycles. The number of hydrogen-bond acceptors (Lipinski definition) is 4. The van der Waals surface area contributed by atoms with Crippen molar-refractivity contribution in [2.24, 2.45) is 0 Å². The summed E-state index contributed by atoms with van der Waals surface area (Å²) in [5.74, 6) is -1.14. The fourth-order valence-electron chi connectivity index (χ4n) is 3.66. The van der Waals surface area contributed by atoms with Crippen molar-refractivity contribution >= 4 is 28.1 Å². The molecule has 27 heavy (non-hydrogen) atoms. The number of morpholine rings is 1. The lowest BCUT2D eigenvalue weighted by Crippen LogP contribution is -3.09. The van der Waals surface area contributed by atoms with Crippen LogP contribution in [-0.4, -0.2) is 32.3 Å². The molecule has 0 saturated carbocycles. The number of carboxylic acid groups (broad SMARTS) is 1. The Morgan fingerprint density at radius 1 is 1.04 bits per heavy atom. The lowest BCUT2D eigenvalue weighted by atomic mass is 10.0. The van der Waals surface area contributed by atoms with E-state index < -0.39 is 5.97 Å². The van der Waals surface area contributed by atoms with Crippen LogP contribution in [-0.2, 0) is 11.3 Å². The number of rotatable bonds is 5. The van der Waals surface area contributed by atoms with Crippen LogP contribution in [0.4, 0.5) is 11.4 Å². The molecule has 1 fully saturated rings. The predicted molar refractivity (Wildman–Crippen MR) is 103 cm³/mol. The molecule has 2 N–H and O–H groups in total. The highest BCUT2D eigenvalue weighted by Crippen LogP contribution is 2.22. The Morgan fingerprint density at radius 3 is 2.63 bits per heavy atom. The number of benzene rings is 3. The van der Waals surface area contributed by atoms with Crippen LogP contribution in [0.15, 0.2) is 60.7 Å². The highest BCUT2D eigenvalue weighted by atomic mass is 16.5. The van der Waals surface area contributed by atoms with Gasteiger partial charge in [-0.1, -0.05) is 42.5 Å². The van der Waals surface area contributed by atoms with Crippen molar-refractivity contribution in [2.45, 2.75) is 6.54 Å². The minimum Gasteiger partial charge on any atom is -0.545 e. The smallest absolute Gasteiger partial charge is 0.140 e. The van der Waals surface area contributed by atoms with E-state index in [-0.39, 0.29) is 5.56 Å². The van der Waals surface area contributed by atoms with Crippen LogP contribution in [0.1, 0.15) is 15.9 Å². The first-order chi connectivity index (χ1) is 13.2. The average Bonchev–Trinajstić information content (AvgIpc) is 2.72. The minimum atomic E-state index is -1.14. The molecule has 0 amide bonds. The molecule has 4 rings (SSSR count). The molecule has 0 radical (unpaired) electrons. The highest BCUT2D eigenvalue weighted by Gasteiger charge is 2.20. The summed E-state index contributed by atoms with van der Waals surface area (Å²) in [6.45, 7) is 3.44. The van der Waals surface area contributed by atoms with Gasteiger partial charge >= 0.3 is 0 Å². The van der Waals surface area contributed by atoms with E-state index in [1.165, 1.54) is 16.3 Å². The number of carboxylic acids is 1. The predicted octanol–water partition coefficient (Wildman–Crippen LogP) is 1.36. The van der Waals surface area contributed by atoms with Gasteiger partial charge in [0.05, 0.1) is 24.7 Å². The van der Waals surface area contributed by atoms with Gasteiger partial charge in [0, 0.05) is 18.3 Å². The molecule has 0 spiro atoms. The van der Waals surface area contributed by atoms with Crippen LogP contribution in [0, 0.1) is 0 Å². The van der Waals surface area contributed by atoms with E-state index in [9.17, 15) is 9.90 Å². The fraction of sp³-hybridized carbons (Fsp3) is 0.227. The summed E-state index contributed by atoms with van der Waals surface area (Å²) in [5, 5.41) is 17.4. The molecule has 138 valence electrons. The number of carbonyl (C=O) groups is 1. The second-order valence-corrected chi connectivity index (χ2v) is 6.76. The second kappa shape index (κ2) is 7.78. The van der Waals surface area contributed by atoms with Crippen molar-refractivity contribution in [2.75, 3.05) is 31.6 Å². The molecular weight excluding hydrogens is 340 g/mol. The average molecular weight is 362 g/mol. The topological polar surface area (TPSA) is 65.8 Å². The number of ether oxygens (including phenoxy) is 1. The molecule has 1 aliphatic rings. The number of anilines is 1. The minimum absolute atomic E-state index is 0.245. The number of fused-ring (bicyclic) bond motifs is 1. The maximum absolute atomic E-state index is 11.7. The third-order valence-corrected chi connectivity index (χ3v) is 5.08. The van der Waals surface area contributed by atoms with Gasteiger partial charge in [0.15, 0.2) is 0 Å². The van der Waals surface area contributed by atoms with Gasteiger partial charge in [0.2, 0.25) is 0 Å². The first-order valence-electron chi connectivity index (χ1n) is 9.21. The maximum atomic E-state index is 11.7. The van der Waals surface area contributed by atoms with Crippen molar-refractivity contribution in [3.8, 4) is 0 Å². The zero-order valence-electron chi connectivity index (χ0n) is 15.0. The quantitative estimate of drug-likeness (QED) is 0.719. The number of hydrogen-bond donors (Lipinski definition) is 2. The van der Waals surface area contributed by atoms with Crippen LogP contribution >= 0.6 is 0 Å². The Balaban J connectivity index is 1.57. The molecule has 0 aliphatic carbocycles. The summed E-state index contributed by atoms with van der Waals surface area (Å²) in [7, 11) is 0. The second-order valence-electron chi connectivity index (χ2n) is 6.76. The monoisotopic (exact) mass is 362 g/mol. The number of aromatic carboxylic acids is 1. The lowest BCUT2D eigenvalue weighted by molar-refractivity contribution is -0.842. The summed E-state index contributed by atoms with van der Waals surface area (Å²) in [5.41, 5.74) is 2.97. The van der Waals surface area contributed by atoms with Crippen LogP contribution in [0.25, 0.3) is 10.8 Å². The van der Waals surface area contributed by atoms with Crippen molar-refractivity contribution in [3.05, 3.63) is 71.8 Å². The van der Waals surface area contributed by atoms with Gasteiger partial charge in [0.1, 0.15) is 18.8 Å². The summed E-state index contributed by atoms with van der Waals surface area (Å²) >= 11 is 0. The van der Waals surface area contributed by atoms with Crippen LogP contribution in [0.5, 0.6) is 0 Å².